The van der Waals surface area contributed by atoms with E-state index < -0.39 is 0 Å². The van der Waals surface area contributed by atoms with E-state index >= 15 is 0 Å². The lowest BCUT2D eigenvalue weighted by atomic mass is 10.2. The molecule has 126 valence electrons. The summed E-state index contributed by atoms with van der Waals surface area (Å²) in [5.41, 5.74) is 1.28. The van der Waals surface area contributed by atoms with Gasteiger partial charge in [0.25, 0.3) is 5.91 Å². The number of benzene rings is 2. The van der Waals surface area contributed by atoms with Gasteiger partial charge in [0.05, 0.1) is 13.7 Å². The number of nitrogens with one attached hydrogen (secondary N) is 2. The first-order valence-electron chi connectivity index (χ1n) is 7.61. The molecule has 2 rings (SSSR count). The van der Waals surface area contributed by atoms with Gasteiger partial charge in [-0.05, 0) is 67.2 Å². The van der Waals surface area contributed by atoms with Crippen LogP contribution in [0, 0.1) is 0 Å². The second kappa shape index (κ2) is 8.88. The van der Waals surface area contributed by atoms with Crippen molar-refractivity contribution in [2.45, 2.75) is 13.3 Å². The zero-order chi connectivity index (χ0) is 17.4. The highest BCUT2D eigenvalue weighted by atomic mass is 32.1. The van der Waals surface area contributed by atoms with Crippen LogP contribution in [0.5, 0.6) is 11.5 Å². The van der Waals surface area contributed by atoms with E-state index in [0.717, 1.165) is 23.6 Å². The van der Waals surface area contributed by atoms with E-state index in [9.17, 15) is 4.79 Å². The quantitative estimate of drug-likeness (QED) is 0.784. The zero-order valence-corrected chi connectivity index (χ0v) is 14.5. The van der Waals surface area contributed by atoms with Gasteiger partial charge < -0.3 is 14.8 Å². The first-order valence-corrected chi connectivity index (χ1v) is 8.02. The second-order valence-corrected chi connectivity index (χ2v) is 5.42. The molecule has 0 unspecified atom stereocenters. The van der Waals surface area contributed by atoms with Crippen molar-refractivity contribution in [1.29, 1.82) is 0 Å². The van der Waals surface area contributed by atoms with Crippen LogP contribution in [0.15, 0.2) is 48.5 Å². The van der Waals surface area contributed by atoms with Crippen LogP contribution < -0.4 is 20.1 Å². The lowest BCUT2D eigenvalue weighted by Gasteiger charge is -2.10. The van der Waals surface area contributed by atoms with Gasteiger partial charge >= 0.3 is 0 Å². The number of carbonyl (C=O) groups is 1. The summed E-state index contributed by atoms with van der Waals surface area (Å²) in [5, 5.41) is 5.83. The minimum atomic E-state index is -0.275. The van der Waals surface area contributed by atoms with Gasteiger partial charge in [-0.3, -0.25) is 10.1 Å². The second-order valence-electron chi connectivity index (χ2n) is 5.01. The maximum absolute atomic E-state index is 12.2. The molecule has 0 bridgehead atoms. The average molecular weight is 344 g/mol. The number of anilines is 1. The molecule has 0 aliphatic heterocycles. The highest BCUT2D eigenvalue weighted by Crippen LogP contribution is 2.15. The monoisotopic (exact) mass is 344 g/mol. The van der Waals surface area contributed by atoms with Crippen molar-refractivity contribution >= 4 is 28.9 Å². The molecule has 0 aromatic heterocycles. The molecule has 0 aliphatic carbocycles. The Morgan fingerprint density at radius 3 is 2.25 bits per heavy atom. The Kier molecular flexibility index (Phi) is 6.57. The Hall–Kier alpha value is -2.60. The van der Waals surface area contributed by atoms with Crippen LogP contribution in [0.3, 0.4) is 0 Å². The summed E-state index contributed by atoms with van der Waals surface area (Å²) in [5.74, 6) is 1.22. The number of thiocarbonyl (C=S) groups is 1. The Labute approximate surface area is 147 Å². The standard InChI is InChI=1S/C18H20N2O3S/c1-3-12-23-16-8-4-13(5-9-16)17(21)20-18(24)19-14-6-10-15(22-2)11-7-14/h4-11H,3,12H2,1-2H3,(H2,19,20,21,24). The van der Waals surface area contributed by atoms with Crippen LogP contribution in [0.4, 0.5) is 5.69 Å². The maximum atomic E-state index is 12.2. The molecule has 0 aliphatic rings. The molecule has 0 fully saturated rings. The minimum Gasteiger partial charge on any atom is -0.497 e. The molecule has 0 radical (unpaired) electrons. The van der Waals surface area contributed by atoms with Crippen molar-refractivity contribution in [2.24, 2.45) is 0 Å². The molecular weight excluding hydrogens is 324 g/mol. The summed E-state index contributed by atoms with van der Waals surface area (Å²) in [4.78, 5) is 12.2. The maximum Gasteiger partial charge on any atom is 0.257 e. The van der Waals surface area contributed by atoms with Gasteiger partial charge in [-0.1, -0.05) is 6.92 Å². The van der Waals surface area contributed by atoms with E-state index in [2.05, 4.69) is 10.6 Å². The normalized spacial score (nSPS) is 9.92. The van der Waals surface area contributed by atoms with Crippen LogP contribution in [-0.2, 0) is 0 Å². The summed E-state index contributed by atoms with van der Waals surface area (Å²) in [6.07, 6.45) is 0.938. The fraction of sp³-hybridized carbons (Fsp3) is 0.222. The van der Waals surface area contributed by atoms with Crippen molar-refractivity contribution in [3.05, 3.63) is 54.1 Å². The van der Waals surface area contributed by atoms with Gasteiger partial charge in [0.15, 0.2) is 5.11 Å². The molecule has 2 N–H and O–H groups in total. The van der Waals surface area contributed by atoms with Gasteiger partial charge in [-0.2, -0.15) is 0 Å². The van der Waals surface area contributed by atoms with Crippen LogP contribution in [0.25, 0.3) is 0 Å². The third-order valence-corrected chi connectivity index (χ3v) is 3.37. The minimum absolute atomic E-state index is 0.233. The molecule has 0 heterocycles. The number of amides is 1. The highest BCUT2D eigenvalue weighted by Gasteiger charge is 2.08. The van der Waals surface area contributed by atoms with Crippen molar-refractivity contribution in [2.75, 3.05) is 19.0 Å². The molecule has 0 atom stereocenters. The smallest absolute Gasteiger partial charge is 0.257 e. The van der Waals surface area contributed by atoms with Gasteiger partial charge in [0.2, 0.25) is 0 Å². The molecular formula is C18H20N2O3S. The van der Waals surface area contributed by atoms with Gasteiger partial charge in [0.1, 0.15) is 11.5 Å². The van der Waals surface area contributed by atoms with Crippen molar-refractivity contribution in [3.8, 4) is 11.5 Å². The summed E-state index contributed by atoms with van der Waals surface area (Å²) >= 11 is 5.16. The van der Waals surface area contributed by atoms with Gasteiger partial charge in [-0.25, -0.2) is 0 Å². The third kappa shape index (κ3) is 5.24. The summed E-state index contributed by atoms with van der Waals surface area (Å²) in [6.45, 7) is 2.69. The van der Waals surface area contributed by atoms with E-state index in [0.29, 0.717) is 12.2 Å². The predicted octanol–water partition coefficient (Wildman–Crippen LogP) is 3.61. The molecule has 6 heteroatoms. The van der Waals surface area contributed by atoms with E-state index in [1.54, 1.807) is 31.4 Å². The number of methoxy groups -OCH3 is 1. The summed E-state index contributed by atoms with van der Waals surface area (Å²) in [7, 11) is 1.60. The molecule has 0 spiro atoms. The molecule has 0 saturated heterocycles. The lowest BCUT2D eigenvalue weighted by Crippen LogP contribution is -2.34. The Balaban J connectivity index is 1.89. The van der Waals surface area contributed by atoms with Gasteiger partial charge in [0, 0.05) is 11.3 Å². The fourth-order valence-corrected chi connectivity index (χ4v) is 2.14. The Bertz CT molecular complexity index is 684. The first kappa shape index (κ1) is 17.7. The van der Waals surface area contributed by atoms with Crippen LogP contribution in [-0.4, -0.2) is 24.7 Å². The van der Waals surface area contributed by atoms with E-state index in [-0.39, 0.29) is 11.0 Å². The number of hydrogen-bond acceptors (Lipinski definition) is 4. The van der Waals surface area contributed by atoms with Crippen molar-refractivity contribution in [3.63, 3.8) is 0 Å². The summed E-state index contributed by atoms with van der Waals surface area (Å²) < 4.78 is 10.6. The first-order chi connectivity index (χ1) is 11.6. The number of ether oxygens (including phenoxy) is 2. The number of carbonyl (C=O) groups excluding carboxylic acids is 1. The molecule has 1 amide bonds. The van der Waals surface area contributed by atoms with Crippen LogP contribution in [0.1, 0.15) is 23.7 Å². The number of rotatable bonds is 6. The van der Waals surface area contributed by atoms with Gasteiger partial charge in [-0.15, -0.1) is 0 Å². The van der Waals surface area contributed by atoms with E-state index in [4.69, 9.17) is 21.7 Å². The molecule has 24 heavy (non-hydrogen) atoms. The number of hydrogen-bond donors (Lipinski definition) is 2. The van der Waals surface area contributed by atoms with Crippen LogP contribution >= 0.6 is 12.2 Å². The zero-order valence-electron chi connectivity index (χ0n) is 13.7. The Morgan fingerprint density at radius 2 is 1.67 bits per heavy atom. The van der Waals surface area contributed by atoms with E-state index in [1.165, 1.54) is 0 Å². The topological polar surface area (TPSA) is 59.6 Å². The average Bonchev–Trinajstić information content (AvgIpc) is 2.61. The van der Waals surface area contributed by atoms with Crippen molar-refractivity contribution in [1.82, 2.24) is 5.32 Å². The molecule has 2 aromatic carbocycles. The van der Waals surface area contributed by atoms with Crippen LogP contribution in [0.2, 0.25) is 0 Å². The largest absolute Gasteiger partial charge is 0.497 e. The SMILES string of the molecule is CCCOc1ccc(C(=O)NC(=S)Nc2ccc(OC)cc2)cc1. The predicted molar refractivity (Wildman–Crippen MR) is 98.9 cm³/mol. The molecule has 2 aromatic rings. The Morgan fingerprint density at radius 1 is 1.04 bits per heavy atom. The fourth-order valence-electron chi connectivity index (χ4n) is 1.93. The highest BCUT2D eigenvalue weighted by molar-refractivity contribution is 7.80. The van der Waals surface area contributed by atoms with Crippen molar-refractivity contribution < 1.29 is 14.3 Å². The molecule has 5 nitrogen and oxygen atoms in total. The third-order valence-electron chi connectivity index (χ3n) is 3.16. The van der Waals surface area contributed by atoms with E-state index in [1.807, 2.05) is 31.2 Å². The summed E-state index contributed by atoms with van der Waals surface area (Å²) in [6, 6.07) is 14.2. The lowest BCUT2D eigenvalue weighted by molar-refractivity contribution is 0.0977. The molecule has 0 saturated carbocycles.